The van der Waals surface area contributed by atoms with E-state index in [9.17, 15) is 31.0 Å². The SMILES string of the molecule is C=S(=O)(N1CCN(C(=O)N2C(c3ccc(C(F)F)cc3OC)=NC(c3ccc(C)cc3)C2C(/C=C\C)=C/CC)CC1)C(F)(F)F.CC.CO. The first kappa shape index (κ1) is 41.4. The van der Waals surface area contributed by atoms with Crippen molar-refractivity contribution >= 4 is 27.4 Å². The zero-order chi connectivity index (χ0) is 37.1. The smallest absolute Gasteiger partial charge is 0.476 e. The highest BCUT2D eigenvalue weighted by molar-refractivity contribution is 7.98. The summed E-state index contributed by atoms with van der Waals surface area (Å²) in [7, 11) is -2.23. The number of aryl methyl sites for hydroxylation is 1. The highest BCUT2D eigenvalue weighted by Crippen LogP contribution is 2.41. The molecule has 0 radical (unpaired) electrons. The molecule has 4 rings (SSSR count). The molecule has 1 fully saturated rings. The number of methoxy groups -OCH3 is 1. The number of aliphatic imine (C=N–C) groups is 1. The minimum Gasteiger partial charge on any atom is -0.496 e. The summed E-state index contributed by atoms with van der Waals surface area (Å²) in [5.41, 5.74) is -2.38. The number of rotatable bonds is 8. The first-order valence-electron chi connectivity index (χ1n) is 15.9. The lowest BCUT2D eigenvalue weighted by Gasteiger charge is -2.40. The van der Waals surface area contributed by atoms with Crippen LogP contribution in [-0.4, -0.2) is 93.1 Å². The molecule has 2 aliphatic rings. The molecule has 2 aromatic carbocycles. The van der Waals surface area contributed by atoms with Gasteiger partial charge in [-0.2, -0.15) is 13.2 Å². The Morgan fingerprint density at radius 3 is 2.18 bits per heavy atom. The van der Waals surface area contributed by atoms with Crippen LogP contribution in [0.3, 0.4) is 0 Å². The van der Waals surface area contributed by atoms with Crippen molar-refractivity contribution in [2.24, 2.45) is 4.99 Å². The van der Waals surface area contributed by atoms with Gasteiger partial charge in [0.05, 0.1) is 18.7 Å². The van der Waals surface area contributed by atoms with Crippen molar-refractivity contribution in [3.05, 3.63) is 88.5 Å². The average Bonchev–Trinajstić information content (AvgIpc) is 3.49. The lowest BCUT2D eigenvalue weighted by molar-refractivity contribution is -0.0444. The van der Waals surface area contributed by atoms with Gasteiger partial charge in [0.1, 0.15) is 27.3 Å². The fourth-order valence-corrected chi connectivity index (χ4v) is 6.56. The second kappa shape index (κ2) is 18.3. The number of hydrogen-bond acceptors (Lipinski definition) is 5. The van der Waals surface area contributed by atoms with Crippen molar-refractivity contribution in [2.75, 3.05) is 40.4 Å². The van der Waals surface area contributed by atoms with Gasteiger partial charge in [0, 0.05) is 38.9 Å². The standard InChI is InChI=1S/C32H37F5N4O3S.C2H6.CH4O/c1-6-8-23(9-7-2)28-27(22-12-10-21(3)11-13-22)38-30(25-15-14-24(29(33)34)20-26(25)44-4)41(28)31(42)39-16-18-40(19-17-39)45(5,43)32(35,36)37;2*1-2/h6,8-15,20,27-29H,5,7,16-19H2,1-4H3;1-2H3;2H,1H3/b8-6-,23-9+;;. The molecule has 0 spiro atoms. The largest absolute Gasteiger partial charge is 0.496 e. The number of halogens is 5. The van der Waals surface area contributed by atoms with Gasteiger partial charge in [-0.3, -0.25) is 9.89 Å². The minimum atomic E-state index is -5.02. The molecule has 0 aliphatic carbocycles. The Balaban J connectivity index is 0.00000201. The van der Waals surface area contributed by atoms with Gasteiger partial charge in [0.2, 0.25) is 0 Å². The number of allylic oxidation sites excluding steroid dienone is 2. The zero-order valence-electron chi connectivity index (χ0n) is 29.0. The number of benzene rings is 2. The number of alkyl halides is 5. The molecule has 1 saturated heterocycles. The molecule has 2 aromatic rings. The van der Waals surface area contributed by atoms with Gasteiger partial charge in [0.25, 0.3) is 6.43 Å². The molecule has 272 valence electrons. The summed E-state index contributed by atoms with van der Waals surface area (Å²) in [5.74, 6) is 3.21. The van der Waals surface area contributed by atoms with Crippen LogP contribution in [0.15, 0.2) is 71.3 Å². The molecule has 3 atom stereocenters. The molecule has 2 aliphatic heterocycles. The summed E-state index contributed by atoms with van der Waals surface area (Å²) in [6, 6.07) is 9.75. The van der Waals surface area contributed by atoms with E-state index in [0.29, 0.717) is 12.0 Å². The van der Waals surface area contributed by atoms with Crippen molar-refractivity contribution in [2.45, 2.75) is 65.1 Å². The first-order valence-corrected chi connectivity index (χ1v) is 17.6. The Morgan fingerprint density at radius 2 is 1.69 bits per heavy atom. The number of carbonyl (C=O) groups excluding carboxylic acids is 1. The minimum absolute atomic E-state index is 0.0894. The van der Waals surface area contributed by atoms with Gasteiger partial charge in [-0.1, -0.05) is 74.9 Å². The number of carbonyl (C=O) groups is 1. The maximum atomic E-state index is 14.5. The predicted octanol–water partition coefficient (Wildman–Crippen LogP) is 7.55. The van der Waals surface area contributed by atoms with Gasteiger partial charge in [-0.15, -0.1) is 0 Å². The second-order valence-electron chi connectivity index (χ2n) is 10.8. The quantitative estimate of drug-likeness (QED) is 0.174. The van der Waals surface area contributed by atoms with Crippen LogP contribution in [0.2, 0.25) is 0 Å². The maximum absolute atomic E-state index is 14.5. The third-order valence-corrected chi connectivity index (χ3v) is 9.76. The van der Waals surface area contributed by atoms with E-state index in [1.54, 1.807) is 0 Å². The Kier molecular flexibility index (Phi) is 15.5. The third-order valence-electron chi connectivity index (χ3n) is 7.84. The van der Waals surface area contributed by atoms with E-state index in [1.165, 1.54) is 35.1 Å². The molecular weight excluding hydrogens is 667 g/mol. The summed E-state index contributed by atoms with van der Waals surface area (Å²) in [4.78, 5) is 22.4. The number of aliphatic hydroxyl groups is 1. The van der Waals surface area contributed by atoms with Crippen LogP contribution in [-0.2, 0) is 9.71 Å². The number of urea groups is 1. The van der Waals surface area contributed by atoms with Crippen molar-refractivity contribution in [1.29, 1.82) is 0 Å². The van der Waals surface area contributed by atoms with Crippen LogP contribution in [0.25, 0.3) is 0 Å². The van der Waals surface area contributed by atoms with Crippen LogP contribution in [0.4, 0.5) is 26.7 Å². The number of nitrogens with zero attached hydrogens (tertiary/aromatic N) is 4. The van der Waals surface area contributed by atoms with E-state index in [4.69, 9.17) is 14.8 Å². The molecule has 2 heterocycles. The lowest BCUT2D eigenvalue weighted by atomic mass is 9.92. The highest BCUT2D eigenvalue weighted by atomic mass is 32.2. The van der Waals surface area contributed by atoms with Gasteiger partial charge in [0.15, 0.2) is 0 Å². The molecule has 3 unspecified atom stereocenters. The van der Waals surface area contributed by atoms with Crippen LogP contribution < -0.4 is 4.74 Å². The van der Waals surface area contributed by atoms with E-state index in [2.05, 4.69) is 5.87 Å². The fraction of sp³-hybridized carbons (Fsp3) is 0.457. The molecular formula is C35H47F5N4O4S. The summed E-state index contributed by atoms with van der Waals surface area (Å²) in [6.07, 6.45) is 3.57. The van der Waals surface area contributed by atoms with Crippen LogP contribution in [0.1, 0.15) is 68.8 Å². The van der Waals surface area contributed by atoms with E-state index in [-0.39, 0.29) is 43.3 Å². The van der Waals surface area contributed by atoms with Crippen LogP contribution in [0.5, 0.6) is 5.75 Å². The Labute approximate surface area is 286 Å². The number of hydrogen-bond donors (Lipinski definition) is 1. The number of piperazine rings is 1. The van der Waals surface area contributed by atoms with E-state index in [0.717, 1.165) is 28.1 Å². The maximum Gasteiger partial charge on any atom is 0.476 e. The molecule has 8 nitrogen and oxygen atoms in total. The lowest BCUT2D eigenvalue weighted by Crippen LogP contribution is -2.57. The summed E-state index contributed by atoms with van der Waals surface area (Å²) in [6.45, 7) is 8.83. The number of ether oxygens (including phenoxy) is 1. The van der Waals surface area contributed by atoms with Gasteiger partial charge < -0.3 is 14.7 Å². The Morgan fingerprint density at radius 1 is 1.10 bits per heavy atom. The second-order valence-corrected chi connectivity index (χ2v) is 13.0. The van der Waals surface area contributed by atoms with Crippen LogP contribution >= 0.6 is 0 Å². The fourth-order valence-electron chi connectivity index (χ4n) is 5.52. The van der Waals surface area contributed by atoms with Crippen molar-refractivity contribution < 1.29 is 40.8 Å². The average molecular weight is 715 g/mol. The van der Waals surface area contributed by atoms with Crippen LogP contribution in [0, 0.1) is 6.92 Å². The number of amidine groups is 1. The number of aliphatic hydroxyl groups excluding tert-OH is 1. The number of amides is 2. The van der Waals surface area contributed by atoms with E-state index < -0.39 is 39.8 Å². The molecule has 0 saturated carbocycles. The monoisotopic (exact) mass is 714 g/mol. The van der Waals surface area contributed by atoms with E-state index in [1.807, 2.05) is 77.1 Å². The molecule has 0 aromatic heterocycles. The van der Waals surface area contributed by atoms with Gasteiger partial charge in [-0.25, -0.2) is 22.1 Å². The molecule has 14 heteroatoms. The normalized spacial score (nSPS) is 19.9. The Hall–Kier alpha value is -3.75. The van der Waals surface area contributed by atoms with E-state index >= 15 is 0 Å². The van der Waals surface area contributed by atoms with Gasteiger partial charge >= 0.3 is 11.5 Å². The van der Waals surface area contributed by atoms with Crippen molar-refractivity contribution in [1.82, 2.24) is 14.1 Å². The zero-order valence-corrected chi connectivity index (χ0v) is 29.8. The molecule has 0 bridgehead atoms. The molecule has 49 heavy (non-hydrogen) atoms. The third kappa shape index (κ3) is 9.28. The van der Waals surface area contributed by atoms with Gasteiger partial charge in [-0.05, 0) is 49.4 Å². The van der Waals surface area contributed by atoms with Crippen molar-refractivity contribution in [3.8, 4) is 5.75 Å². The topological polar surface area (TPSA) is 85.7 Å². The predicted molar refractivity (Wildman–Crippen MR) is 187 cm³/mol. The van der Waals surface area contributed by atoms with Crippen molar-refractivity contribution in [3.63, 3.8) is 0 Å². The summed E-state index contributed by atoms with van der Waals surface area (Å²) < 4.78 is 86.4. The summed E-state index contributed by atoms with van der Waals surface area (Å²) >= 11 is 0. The molecule has 2 amide bonds. The first-order chi connectivity index (χ1) is 23.2. The highest BCUT2D eigenvalue weighted by Gasteiger charge is 2.48. The Bertz CT molecular complexity index is 1580. The molecule has 1 N–H and O–H groups in total. The summed E-state index contributed by atoms with van der Waals surface area (Å²) in [5, 5.41) is 7.00.